The largest absolute Gasteiger partial charge is 0.398 e. The lowest BCUT2D eigenvalue weighted by atomic mass is 10.5. The first-order valence-electron chi connectivity index (χ1n) is 2.98. The van der Waals surface area contributed by atoms with Crippen LogP contribution in [0.5, 0.6) is 0 Å². The summed E-state index contributed by atoms with van der Waals surface area (Å²) in [5.41, 5.74) is 1.72. The van der Waals surface area contributed by atoms with Gasteiger partial charge in [-0.2, -0.15) is 0 Å². The second-order valence-corrected chi connectivity index (χ2v) is 7.22. The first-order valence-corrected chi connectivity index (χ1v) is 6.48. The standard InChI is InChI=1S/C6H13ClOSi/c1-5-9(4,7)8-6(2)3/h5-6H,1H2,2-4H3. The molecule has 0 spiro atoms. The summed E-state index contributed by atoms with van der Waals surface area (Å²) < 4.78 is 5.37. The summed E-state index contributed by atoms with van der Waals surface area (Å²) in [6, 6.07) is 0. The average molecular weight is 165 g/mol. The van der Waals surface area contributed by atoms with Gasteiger partial charge in [0, 0.05) is 6.10 Å². The van der Waals surface area contributed by atoms with Gasteiger partial charge in [0.15, 0.2) is 0 Å². The highest BCUT2D eigenvalue weighted by Gasteiger charge is 2.22. The van der Waals surface area contributed by atoms with Crippen LogP contribution in [0.25, 0.3) is 0 Å². The maximum atomic E-state index is 5.91. The molecule has 0 aromatic carbocycles. The number of rotatable bonds is 3. The topological polar surface area (TPSA) is 9.23 Å². The molecule has 0 aromatic heterocycles. The molecule has 3 heteroatoms. The highest BCUT2D eigenvalue weighted by Crippen LogP contribution is 2.13. The predicted molar refractivity (Wildman–Crippen MR) is 43.9 cm³/mol. The summed E-state index contributed by atoms with van der Waals surface area (Å²) in [5, 5.41) is 0. The molecule has 9 heavy (non-hydrogen) atoms. The van der Waals surface area contributed by atoms with Gasteiger partial charge in [-0.3, -0.25) is 0 Å². The molecule has 0 N–H and O–H groups in total. The van der Waals surface area contributed by atoms with E-state index in [1.807, 2.05) is 20.4 Å². The Morgan fingerprint density at radius 3 is 2.22 bits per heavy atom. The van der Waals surface area contributed by atoms with Crippen molar-refractivity contribution in [2.45, 2.75) is 26.5 Å². The van der Waals surface area contributed by atoms with E-state index in [0.717, 1.165) is 0 Å². The molecule has 0 aromatic rings. The van der Waals surface area contributed by atoms with E-state index in [1.165, 1.54) is 0 Å². The zero-order valence-electron chi connectivity index (χ0n) is 6.15. The van der Waals surface area contributed by atoms with E-state index >= 15 is 0 Å². The number of hydrogen-bond donors (Lipinski definition) is 0. The van der Waals surface area contributed by atoms with E-state index in [9.17, 15) is 0 Å². The van der Waals surface area contributed by atoms with Crippen LogP contribution in [-0.4, -0.2) is 13.7 Å². The SMILES string of the molecule is C=C[Si](C)(Cl)OC(C)C. The molecular weight excluding hydrogens is 152 g/mol. The Morgan fingerprint density at radius 1 is 1.67 bits per heavy atom. The molecule has 1 atom stereocenters. The maximum absolute atomic E-state index is 5.91. The monoisotopic (exact) mass is 164 g/mol. The Balaban J connectivity index is 3.71. The van der Waals surface area contributed by atoms with Gasteiger partial charge in [-0.25, -0.2) is 0 Å². The molecule has 0 bridgehead atoms. The Morgan fingerprint density at radius 2 is 2.11 bits per heavy atom. The van der Waals surface area contributed by atoms with Gasteiger partial charge in [0.2, 0.25) is 0 Å². The quantitative estimate of drug-likeness (QED) is 0.460. The van der Waals surface area contributed by atoms with Crippen molar-refractivity contribution in [1.29, 1.82) is 0 Å². The van der Waals surface area contributed by atoms with Gasteiger partial charge in [0.25, 0.3) is 0 Å². The minimum Gasteiger partial charge on any atom is -0.398 e. The van der Waals surface area contributed by atoms with E-state index in [2.05, 4.69) is 6.58 Å². The van der Waals surface area contributed by atoms with Crippen LogP contribution in [-0.2, 0) is 4.43 Å². The lowest BCUT2D eigenvalue weighted by Gasteiger charge is -2.18. The van der Waals surface area contributed by atoms with Gasteiger partial charge in [-0.05, 0) is 20.4 Å². The summed E-state index contributed by atoms with van der Waals surface area (Å²) in [5.74, 6) is 0. The van der Waals surface area contributed by atoms with Gasteiger partial charge >= 0.3 is 7.63 Å². The van der Waals surface area contributed by atoms with Gasteiger partial charge in [-0.1, -0.05) is 5.70 Å². The minimum atomic E-state index is -2.00. The number of halogens is 1. The number of hydrogen-bond acceptors (Lipinski definition) is 1. The third-order valence-electron chi connectivity index (χ3n) is 0.831. The van der Waals surface area contributed by atoms with Crippen LogP contribution >= 0.6 is 11.1 Å². The summed E-state index contributed by atoms with van der Waals surface area (Å²) in [6.45, 7) is 9.43. The predicted octanol–water partition coefficient (Wildman–Crippen LogP) is 2.45. The Kier molecular flexibility index (Phi) is 3.47. The first kappa shape index (κ1) is 9.21. The van der Waals surface area contributed by atoms with Gasteiger partial charge in [-0.15, -0.1) is 17.7 Å². The molecule has 0 radical (unpaired) electrons. The fourth-order valence-electron chi connectivity index (χ4n) is 0.509. The zero-order valence-corrected chi connectivity index (χ0v) is 7.90. The van der Waals surface area contributed by atoms with E-state index in [0.29, 0.717) is 0 Å². The molecule has 0 aliphatic carbocycles. The van der Waals surface area contributed by atoms with Crippen LogP contribution in [0.2, 0.25) is 6.55 Å². The Hall–Kier alpha value is 0.207. The Bertz CT molecular complexity index is 101. The van der Waals surface area contributed by atoms with Crippen LogP contribution in [0.1, 0.15) is 13.8 Å². The lowest BCUT2D eigenvalue weighted by Crippen LogP contribution is -2.28. The van der Waals surface area contributed by atoms with Crippen molar-refractivity contribution < 1.29 is 4.43 Å². The van der Waals surface area contributed by atoms with Gasteiger partial charge in [0.1, 0.15) is 0 Å². The van der Waals surface area contributed by atoms with Crippen molar-refractivity contribution in [3.05, 3.63) is 12.3 Å². The molecule has 0 aliphatic heterocycles. The maximum Gasteiger partial charge on any atom is 0.311 e. The molecule has 0 rings (SSSR count). The second-order valence-electron chi connectivity index (χ2n) is 2.36. The van der Waals surface area contributed by atoms with Crippen molar-refractivity contribution >= 4 is 18.7 Å². The molecule has 0 saturated carbocycles. The third-order valence-corrected chi connectivity index (χ3v) is 3.22. The molecule has 0 fully saturated rings. The first-order chi connectivity index (χ1) is 3.98. The normalized spacial score (nSPS) is 17.4. The van der Waals surface area contributed by atoms with E-state index in [-0.39, 0.29) is 6.10 Å². The van der Waals surface area contributed by atoms with E-state index < -0.39 is 7.63 Å². The smallest absolute Gasteiger partial charge is 0.311 e. The molecule has 0 heterocycles. The van der Waals surface area contributed by atoms with Crippen LogP contribution in [0.4, 0.5) is 0 Å². The summed E-state index contributed by atoms with van der Waals surface area (Å²) >= 11 is 5.91. The van der Waals surface area contributed by atoms with Crippen LogP contribution < -0.4 is 0 Å². The zero-order chi connectivity index (χ0) is 7.49. The fraction of sp³-hybridized carbons (Fsp3) is 0.667. The summed E-state index contributed by atoms with van der Waals surface area (Å²) in [6.07, 6.45) is 0.206. The molecule has 0 amide bonds. The molecule has 0 saturated heterocycles. The van der Waals surface area contributed by atoms with E-state index in [1.54, 1.807) is 5.70 Å². The summed E-state index contributed by atoms with van der Waals surface area (Å²) in [7, 11) is -2.00. The van der Waals surface area contributed by atoms with Gasteiger partial charge < -0.3 is 4.43 Å². The fourth-order valence-corrected chi connectivity index (χ4v) is 2.06. The van der Waals surface area contributed by atoms with Gasteiger partial charge in [0.05, 0.1) is 0 Å². The van der Waals surface area contributed by atoms with Crippen molar-refractivity contribution in [3.8, 4) is 0 Å². The highest BCUT2D eigenvalue weighted by atomic mass is 35.6. The second kappa shape index (κ2) is 3.39. The van der Waals surface area contributed by atoms with E-state index in [4.69, 9.17) is 15.5 Å². The van der Waals surface area contributed by atoms with Crippen LogP contribution in [0, 0.1) is 0 Å². The Labute approximate surface area is 62.5 Å². The highest BCUT2D eigenvalue weighted by molar-refractivity contribution is 7.18. The molecule has 1 nitrogen and oxygen atoms in total. The van der Waals surface area contributed by atoms with Crippen LogP contribution in [0.15, 0.2) is 12.3 Å². The van der Waals surface area contributed by atoms with Crippen molar-refractivity contribution in [2.24, 2.45) is 0 Å². The summed E-state index contributed by atoms with van der Waals surface area (Å²) in [4.78, 5) is 0. The van der Waals surface area contributed by atoms with Crippen LogP contribution in [0.3, 0.4) is 0 Å². The lowest BCUT2D eigenvalue weighted by molar-refractivity contribution is 0.245. The molecule has 1 unspecified atom stereocenters. The minimum absolute atomic E-state index is 0.206. The van der Waals surface area contributed by atoms with Crippen molar-refractivity contribution in [1.82, 2.24) is 0 Å². The third kappa shape index (κ3) is 4.69. The average Bonchev–Trinajstić information content (AvgIpc) is 1.63. The van der Waals surface area contributed by atoms with Crippen molar-refractivity contribution in [2.75, 3.05) is 0 Å². The molecule has 0 aliphatic rings. The van der Waals surface area contributed by atoms with Crippen molar-refractivity contribution in [3.63, 3.8) is 0 Å². The molecular formula is C6H13ClOSi. The molecule has 54 valence electrons.